The van der Waals surface area contributed by atoms with Gasteiger partial charge >= 0.3 is 17.9 Å². The Labute approximate surface area is 505 Å². The van der Waals surface area contributed by atoms with Crippen molar-refractivity contribution in [3.8, 4) is 0 Å². The van der Waals surface area contributed by atoms with Gasteiger partial charge in [-0.2, -0.15) is 0 Å². The summed E-state index contributed by atoms with van der Waals surface area (Å²) >= 11 is 0. The summed E-state index contributed by atoms with van der Waals surface area (Å²) in [5.41, 5.74) is 0. The predicted octanol–water partition coefficient (Wildman–Crippen LogP) is 24.9. The molecule has 0 bridgehead atoms. The third-order valence-electron chi connectivity index (χ3n) is 16.3. The zero-order chi connectivity index (χ0) is 58.5. The fourth-order valence-electron chi connectivity index (χ4n) is 11.0. The maximum absolute atomic E-state index is 12.9. The smallest absolute Gasteiger partial charge is 0.306 e. The fourth-order valence-corrected chi connectivity index (χ4v) is 11.0. The molecule has 0 aromatic carbocycles. The van der Waals surface area contributed by atoms with Gasteiger partial charge in [-0.3, -0.25) is 14.4 Å². The van der Waals surface area contributed by atoms with E-state index in [-0.39, 0.29) is 31.1 Å². The van der Waals surface area contributed by atoms with Crippen LogP contribution in [-0.4, -0.2) is 37.2 Å². The van der Waals surface area contributed by atoms with E-state index < -0.39 is 6.10 Å². The molecule has 0 spiro atoms. The van der Waals surface area contributed by atoms with Crippen LogP contribution >= 0.6 is 0 Å². The van der Waals surface area contributed by atoms with Crippen molar-refractivity contribution in [1.82, 2.24) is 0 Å². The lowest BCUT2D eigenvalue weighted by Crippen LogP contribution is -2.30. The molecule has 81 heavy (non-hydrogen) atoms. The van der Waals surface area contributed by atoms with Crippen LogP contribution in [-0.2, 0) is 28.6 Å². The second kappa shape index (κ2) is 69.9. The molecule has 0 radical (unpaired) electrons. The molecule has 0 rings (SSSR count). The van der Waals surface area contributed by atoms with Crippen molar-refractivity contribution < 1.29 is 28.6 Å². The summed E-state index contributed by atoms with van der Waals surface area (Å²) < 4.78 is 16.9. The van der Waals surface area contributed by atoms with Crippen LogP contribution in [0.2, 0.25) is 0 Å². The molecule has 0 saturated carbocycles. The summed E-state index contributed by atoms with van der Waals surface area (Å²) in [7, 11) is 0. The Balaban J connectivity index is 3.96. The second-order valence-electron chi connectivity index (χ2n) is 24.5. The lowest BCUT2D eigenvalue weighted by Gasteiger charge is -2.18. The lowest BCUT2D eigenvalue weighted by molar-refractivity contribution is -0.167. The summed E-state index contributed by atoms with van der Waals surface area (Å²) in [5.74, 6) is -0.853. The predicted molar refractivity (Wildman–Crippen MR) is 353 cm³/mol. The molecule has 0 aliphatic rings. The van der Waals surface area contributed by atoms with Crippen LogP contribution in [0.25, 0.3) is 0 Å². The normalized spacial score (nSPS) is 12.3. The van der Waals surface area contributed by atoms with Crippen molar-refractivity contribution in [2.45, 2.75) is 399 Å². The van der Waals surface area contributed by atoms with E-state index in [2.05, 4.69) is 69.4 Å². The molecule has 1 atom stereocenters. The molecule has 1 unspecified atom stereocenters. The third kappa shape index (κ3) is 68.0. The lowest BCUT2D eigenvalue weighted by atomic mass is 10.0. The summed E-state index contributed by atoms with van der Waals surface area (Å²) in [6, 6.07) is 0. The SMILES string of the molecule is CC/C=C\C/C=C\C/C=C\C/C=C\CCCCCCCCCCCCCCCCC(=O)OC(COC(=O)CCCCCCCC)COC(=O)CCCCCCCCCCCCCCCCCCCCCCCCCCCCCCCC. The topological polar surface area (TPSA) is 78.9 Å². The van der Waals surface area contributed by atoms with Gasteiger partial charge in [0.1, 0.15) is 13.2 Å². The number of rotatable bonds is 67. The second-order valence-corrected chi connectivity index (χ2v) is 24.5. The van der Waals surface area contributed by atoms with Crippen molar-refractivity contribution in [2.24, 2.45) is 0 Å². The number of allylic oxidation sites excluding steroid dienone is 8. The molecule has 0 N–H and O–H groups in total. The van der Waals surface area contributed by atoms with Gasteiger partial charge in [-0.05, 0) is 57.8 Å². The standard InChI is InChI=1S/C75H138O6/c1-4-7-10-13-16-18-20-22-24-26-28-30-32-34-36-37-38-40-41-43-45-47-49-51-53-55-57-59-62-65-68-74(77)80-71-72(70-79-73(76)67-64-61-15-12-9-6-3)81-75(78)69-66-63-60-58-56-54-52-50-48-46-44-42-39-35-33-31-29-27-25-23-21-19-17-14-11-8-5-2/h8,11,17,19,23,25,29,31,72H,4-7,9-10,12-16,18,20-22,24,26-28,30,32-71H2,1-3H3/b11-8-,19-17-,25-23-,31-29-. The number of esters is 3. The van der Waals surface area contributed by atoms with Crippen molar-refractivity contribution in [1.29, 1.82) is 0 Å². The van der Waals surface area contributed by atoms with Crippen LogP contribution < -0.4 is 0 Å². The molecular formula is C75H138O6. The van der Waals surface area contributed by atoms with E-state index >= 15 is 0 Å². The maximum atomic E-state index is 12.9. The highest BCUT2D eigenvalue weighted by atomic mass is 16.6. The minimum atomic E-state index is -0.769. The molecule has 474 valence electrons. The van der Waals surface area contributed by atoms with E-state index in [4.69, 9.17) is 14.2 Å². The largest absolute Gasteiger partial charge is 0.462 e. The first-order valence-corrected chi connectivity index (χ1v) is 36.1. The van der Waals surface area contributed by atoms with E-state index in [1.807, 2.05) is 0 Å². The van der Waals surface area contributed by atoms with E-state index in [0.29, 0.717) is 19.3 Å². The van der Waals surface area contributed by atoms with Crippen LogP contribution in [0.3, 0.4) is 0 Å². The molecular weight excluding hydrogens is 997 g/mol. The van der Waals surface area contributed by atoms with Crippen molar-refractivity contribution in [3.63, 3.8) is 0 Å². The first-order chi connectivity index (χ1) is 40.0. The summed E-state index contributed by atoms with van der Waals surface area (Å²) in [6.07, 6.45) is 89.1. The molecule has 0 fully saturated rings. The number of unbranched alkanes of at least 4 members (excludes halogenated alkanes) is 48. The third-order valence-corrected chi connectivity index (χ3v) is 16.3. The number of hydrogen-bond donors (Lipinski definition) is 0. The van der Waals surface area contributed by atoms with Crippen LogP contribution in [0.15, 0.2) is 48.6 Å². The molecule has 0 saturated heterocycles. The molecule has 6 nitrogen and oxygen atoms in total. The Morgan fingerprint density at radius 2 is 0.481 bits per heavy atom. The zero-order valence-electron chi connectivity index (χ0n) is 54.6. The molecule has 0 heterocycles. The van der Waals surface area contributed by atoms with Gasteiger partial charge in [0.25, 0.3) is 0 Å². The Morgan fingerprint density at radius 3 is 0.753 bits per heavy atom. The highest BCUT2D eigenvalue weighted by Crippen LogP contribution is 2.19. The summed E-state index contributed by atoms with van der Waals surface area (Å²) in [6.45, 7) is 6.54. The molecule has 0 aliphatic heterocycles. The molecule has 0 amide bonds. The zero-order valence-corrected chi connectivity index (χ0v) is 54.6. The average Bonchev–Trinajstić information content (AvgIpc) is 3.47. The number of hydrogen-bond acceptors (Lipinski definition) is 6. The maximum Gasteiger partial charge on any atom is 0.306 e. The van der Waals surface area contributed by atoms with Gasteiger partial charge in [0.05, 0.1) is 0 Å². The van der Waals surface area contributed by atoms with E-state index in [1.54, 1.807) is 0 Å². The Kier molecular flexibility index (Phi) is 67.6. The minimum Gasteiger partial charge on any atom is -0.462 e. The van der Waals surface area contributed by atoms with Gasteiger partial charge in [0.15, 0.2) is 6.10 Å². The van der Waals surface area contributed by atoms with Gasteiger partial charge in [-0.1, -0.05) is 365 Å². The van der Waals surface area contributed by atoms with Crippen molar-refractivity contribution >= 4 is 17.9 Å². The molecule has 6 heteroatoms. The van der Waals surface area contributed by atoms with Crippen molar-refractivity contribution in [2.75, 3.05) is 13.2 Å². The van der Waals surface area contributed by atoms with Crippen LogP contribution in [0.4, 0.5) is 0 Å². The quantitative estimate of drug-likeness (QED) is 0.0261. The van der Waals surface area contributed by atoms with E-state index in [0.717, 1.165) is 83.5 Å². The number of carbonyl (C=O) groups excluding carboxylic acids is 3. The molecule has 0 aromatic heterocycles. The number of ether oxygens (including phenoxy) is 3. The summed E-state index contributed by atoms with van der Waals surface area (Å²) in [4.78, 5) is 38.1. The molecule has 0 aliphatic carbocycles. The average molecular weight is 1140 g/mol. The highest BCUT2D eigenvalue weighted by Gasteiger charge is 2.19. The molecule has 0 aromatic rings. The van der Waals surface area contributed by atoms with Crippen LogP contribution in [0, 0.1) is 0 Å². The van der Waals surface area contributed by atoms with Gasteiger partial charge in [-0.15, -0.1) is 0 Å². The fraction of sp³-hybridized carbons (Fsp3) is 0.853. The highest BCUT2D eigenvalue weighted by molar-refractivity contribution is 5.71. The van der Waals surface area contributed by atoms with Crippen LogP contribution in [0.1, 0.15) is 393 Å². The number of carbonyl (C=O) groups is 3. The van der Waals surface area contributed by atoms with Gasteiger partial charge in [-0.25, -0.2) is 0 Å². The van der Waals surface area contributed by atoms with E-state index in [1.165, 1.54) is 270 Å². The van der Waals surface area contributed by atoms with Gasteiger partial charge in [0, 0.05) is 19.3 Å². The van der Waals surface area contributed by atoms with Gasteiger partial charge < -0.3 is 14.2 Å². The van der Waals surface area contributed by atoms with Crippen molar-refractivity contribution in [3.05, 3.63) is 48.6 Å². The van der Waals surface area contributed by atoms with Gasteiger partial charge in [0.2, 0.25) is 0 Å². The first-order valence-electron chi connectivity index (χ1n) is 36.1. The summed E-state index contributed by atoms with van der Waals surface area (Å²) in [5, 5.41) is 0. The minimum absolute atomic E-state index is 0.0677. The Hall–Kier alpha value is -2.63. The van der Waals surface area contributed by atoms with Crippen LogP contribution in [0.5, 0.6) is 0 Å². The van der Waals surface area contributed by atoms with E-state index in [9.17, 15) is 14.4 Å². The Bertz CT molecular complexity index is 1400. The monoisotopic (exact) mass is 1140 g/mol. The first kappa shape index (κ1) is 78.4. The Morgan fingerprint density at radius 1 is 0.259 bits per heavy atom.